The first-order chi connectivity index (χ1) is 8.19. The van der Waals surface area contributed by atoms with Crippen molar-refractivity contribution in [3.05, 3.63) is 47.7 Å². The third kappa shape index (κ3) is 2.85. The van der Waals surface area contributed by atoms with Gasteiger partial charge in [-0.1, -0.05) is 19.1 Å². The van der Waals surface area contributed by atoms with Crippen molar-refractivity contribution in [2.75, 3.05) is 6.54 Å². The average Bonchev–Trinajstić information content (AvgIpc) is 2.80. The summed E-state index contributed by atoms with van der Waals surface area (Å²) in [5.41, 5.74) is 6.62. The summed E-state index contributed by atoms with van der Waals surface area (Å²) in [5.74, 6) is 1.95. The Balaban J connectivity index is 2.08. The van der Waals surface area contributed by atoms with Crippen molar-refractivity contribution in [3.8, 4) is 5.75 Å². The van der Waals surface area contributed by atoms with Gasteiger partial charge in [-0.25, -0.2) is 4.98 Å². The first-order valence-electron chi connectivity index (χ1n) is 5.61. The summed E-state index contributed by atoms with van der Waals surface area (Å²) >= 11 is 0. The molecule has 0 aliphatic rings. The van der Waals surface area contributed by atoms with Crippen molar-refractivity contribution in [2.24, 2.45) is 5.73 Å². The van der Waals surface area contributed by atoms with E-state index >= 15 is 0 Å². The number of oxazole rings is 1. The lowest BCUT2D eigenvalue weighted by Crippen LogP contribution is -2.07. The minimum atomic E-state index is 0.191. The second-order valence-corrected chi connectivity index (χ2v) is 4.14. The van der Waals surface area contributed by atoms with Crippen LogP contribution in [0.5, 0.6) is 5.75 Å². The summed E-state index contributed by atoms with van der Waals surface area (Å²) < 4.78 is 5.62. The summed E-state index contributed by atoms with van der Waals surface area (Å²) in [5, 5.41) is 9.18. The molecule has 0 fully saturated rings. The van der Waals surface area contributed by atoms with Crippen LogP contribution in [0.4, 0.5) is 0 Å². The van der Waals surface area contributed by atoms with Crippen molar-refractivity contribution in [1.82, 2.24) is 4.98 Å². The van der Waals surface area contributed by atoms with Gasteiger partial charge in [0, 0.05) is 18.9 Å². The SMILES string of the molecule is CC(CN)c1cnc(Cc2ccc(O)cc2)o1. The molecule has 0 aliphatic carbocycles. The van der Waals surface area contributed by atoms with Gasteiger partial charge in [0.05, 0.1) is 6.20 Å². The molecule has 2 aromatic rings. The Morgan fingerprint density at radius 3 is 2.71 bits per heavy atom. The van der Waals surface area contributed by atoms with Gasteiger partial charge < -0.3 is 15.3 Å². The van der Waals surface area contributed by atoms with Crippen molar-refractivity contribution >= 4 is 0 Å². The minimum absolute atomic E-state index is 0.191. The zero-order chi connectivity index (χ0) is 12.3. The molecule has 1 atom stereocenters. The maximum Gasteiger partial charge on any atom is 0.198 e. The quantitative estimate of drug-likeness (QED) is 0.846. The second-order valence-electron chi connectivity index (χ2n) is 4.14. The van der Waals surface area contributed by atoms with Crippen molar-refractivity contribution < 1.29 is 9.52 Å². The molecule has 0 radical (unpaired) electrons. The Hall–Kier alpha value is -1.81. The predicted octanol–water partition coefficient (Wildman–Crippen LogP) is 2.03. The Morgan fingerprint density at radius 2 is 2.06 bits per heavy atom. The van der Waals surface area contributed by atoms with Crippen LogP contribution < -0.4 is 5.73 Å². The normalized spacial score (nSPS) is 12.6. The lowest BCUT2D eigenvalue weighted by molar-refractivity contribution is 0.440. The van der Waals surface area contributed by atoms with Crippen LogP contribution in [-0.4, -0.2) is 16.6 Å². The summed E-state index contributed by atoms with van der Waals surface area (Å²) in [6.45, 7) is 2.55. The van der Waals surface area contributed by atoms with Crippen LogP contribution in [-0.2, 0) is 6.42 Å². The Labute approximate surface area is 100 Å². The number of nitrogens with two attached hydrogens (primary N) is 1. The fourth-order valence-electron chi connectivity index (χ4n) is 1.54. The molecule has 1 heterocycles. The van der Waals surface area contributed by atoms with Gasteiger partial charge in [-0.15, -0.1) is 0 Å². The highest BCUT2D eigenvalue weighted by Gasteiger charge is 2.10. The summed E-state index contributed by atoms with van der Waals surface area (Å²) in [7, 11) is 0. The number of aromatic nitrogens is 1. The van der Waals surface area contributed by atoms with E-state index in [0.717, 1.165) is 11.3 Å². The maximum atomic E-state index is 9.18. The zero-order valence-corrected chi connectivity index (χ0v) is 9.76. The lowest BCUT2D eigenvalue weighted by atomic mass is 10.1. The molecule has 2 rings (SSSR count). The van der Waals surface area contributed by atoms with Crippen LogP contribution in [0, 0.1) is 0 Å². The number of phenolic OH excluding ortho intramolecular Hbond substituents is 1. The third-order valence-corrected chi connectivity index (χ3v) is 2.70. The number of rotatable bonds is 4. The van der Waals surface area contributed by atoms with Crippen molar-refractivity contribution in [2.45, 2.75) is 19.3 Å². The minimum Gasteiger partial charge on any atom is -0.508 e. The molecule has 0 bridgehead atoms. The number of hydrogen-bond acceptors (Lipinski definition) is 4. The first-order valence-corrected chi connectivity index (χ1v) is 5.61. The Kier molecular flexibility index (Phi) is 3.44. The molecule has 0 amide bonds. The van der Waals surface area contributed by atoms with Crippen molar-refractivity contribution in [1.29, 1.82) is 0 Å². The van der Waals surface area contributed by atoms with Gasteiger partial charge in [0.15, 0.2) is 5.89 Å². The van der Waals surface area contributed by atoms with E-state index in [2.05, 4.69) is 4.98 Å². The first kappa shape index (κ1) is 11.7. The Morgan fingerprint density at radius 1 is 1.35 bits per heavy atom. The maximum absolute atomic E-state index is 9.18. The van der Waals surface area contributed by atoms with Crippen LogP contribution >= 0.6 is 0 Å². The smallest absolute Gasteiger partial charge is 0.198 e. The van der Waals surface area contributed by atoms with E-state index in [4.69, 9.17) is 10.2 Å². The fraction of sp³-hybridized carbons (Fsp3) is 0.308. The number of hydrogen-bond donors (Lipinski definition) is 2. The third-order valence-electron chi connectivity index (χ3n) is 2.70. The van der Waals surface area contributed by atoms with E-state index < -0.39 is 0 Å². The number of phenols is 1. The lowest BCUT2D eigenvalue weighted by Gasteiger charge is -2.02. The van der Waals surface area contributed by atoms with E-state index in [1.54, 1.807) is 18.3 Å². The van der Waals surface area contributed by atoms with E-state index in [-0.39, 0.29) is 11.7 Å². The van der Waals surface area contributed by atoms with E-state index in [0.29, 0.717) is 18.9 Å². The van der Waals surface area contributed by atoms with Gasteiger partial charge in [-0.3, -0.25) is 0 Å². The highest BCUT2D eigenvalue weighted by molar-refractivity contribution is 5.27. The molecule has 3 N–H and O–H groups in total. The molecule has 0 spiro atoms. The van der Waals surface area contributed by atoms with Crippen LogP contribution in [0.25, 0.3) is 0 Å². The van der Waals surface area contributed by atoms with Crippen LogP contribution in [0.15, 0.2) is 34.9 Å². The Bertz CT molecular complexity index is 476. The van der Waals surface area contributed by atoms with Gasteiger partial charge in [-0.2, -0.15) is 0 Å². The summed E-state index contributed by atoms with van der Waals surface area (Å²) in [6, 6.07) is 7.01. The molecule has 1 unspecified atom stereocenters. The second kappa shape index (κ2) is 5.01. The molecule has 0 saturated carbocycles. The topological polar surface area (TPSA) is 72.3 Å². The van der Waals surface area contributed by atoms with Crippen LogP contribution in [0.3, 0.4) is 0 Å². The molecule has 17 heavy (non-hydrogen) atoms. The molecule has 4 nitrogen and oxygen atoms in total. The standard InChI is InChI=1S/C13H16N2O2/c1-9(7-14)12-8-15-13(17-12)6-10-2-4-11(16)5-3-10/h2-5,8-9,16H,6-7,14H2,1H3. The van der Waals surface area contributed by atoms with Crippen LogP contribution in [0.2, 0.25) is 0 Å². The van der Waals surface area contributed by atoms with Gasteiger partial charge >= 0.3 is 0 Å². The van der Waals surface area contributed by atoms with Gasteiger partial charge in [0.2, 0.25) is 0 Å². The van der Waals surface area contributed by atoms with Gasteiger partial charge in [-0.05, 0) is 17.7 Å². The molecule has 1 aromatic carbocycles. The van der Waals surface area contributed by atoms with E-state index in [9.17, 15) is 5.11 Å². The largest absolute Gasteiger partial charge is 0.508 e. The predicted molar refractivity (Wildman–Crippen MR) is 64.9 cm³/mol. The van der Waals surface area contributed by atoms with Crippen molar-refractivity contribution in [3.63, 3.8) is 0 Å². The van der Waals surface area contributed by atoms with Gasteiger partial charge in [0.1, 0.15) is 11.5 Å². The molecule has 0 aliphatic heterocycles. The molecular formula is C13H16N2O2. The molecule has 1 aromatic heterocycles. The number of aromatic hydroxyl groups is 1. The number of nitrogens with zero attached hydrogens (tertiary/aromatic N) is 1. The highest BCUT2D eigenvalue weighted by atomic mass is 16.4. The fourth-order valence-corrected chi connectivity index (χ4v) is 1.54. The zero-order valence-electron chi connectivity index (χ0n) is 9.76. The van der Waals surface area contributed by atoms with Gasteiger partial charge in [0.25, 0.3) is 0 Å². The monoisotopic (exact) mass is 232 g/mol. The summed E-state index contributed by atoms with van der Waals surface area (Å²) in [6.07, 6.45) is 2.35. The van der Waals surface area contributed by atoms with E-state index in [1.807, 2.05) is 19.1 Å². The average molecular weight is 232 g/mol. The molecule has 0 saturated heterocycles. The van der Waals surface area contributed by atoms with Crippen LogP contribution in [0.1, 0.15) is 30.1 Å². The highest BCUT2D eigenvalue weighted by Crippen LogP contribution is 2.18. The molecule has 4 heteroatoms. The summed E-state index contributed by atoms with van der Waals surface area (Å²) in [4.78, 5) is 4.22. The molecular weight excluding hydrogens is 216 g/mol. The molecule has 90 valence electrons. The van der Waals surface area contributed by atoms with E-state index in [1.165, 1.54) is 0 Å². The number of benzene rings is 1.